The van der Waals surface area contributed by atoms with Gasteiger partial charge in [0.2, 0.25) is 0 Å². The Kier molecular flexibility index (Phi) is 8.73. The Bertz CT molecular complexity index is 1820. The number of rotatable bonds is 9. The summed E-state index contributed by atoms with van der Waals surface area (Å²) in [5.41, 5.74) is 7.21. The molecule has 6 rings (SSSR count). The molecule has 45 heavy (non-hydrogen) atoms. The summed E-state index contributed by atoms with van der Waals surface area (Å²) < 4.78 is 8.88. The summed E-state index contributed by atoms with van der Waals surface area (Å²) in [5.74, 6) is 0.670. The highest BCUT2D eigenvalue weighted by atomic mass is 16.5. The highest BCUT2D eigenvalue weighted by molar-refractivity contribution is 5.91. The average Bonchev–Trinajstić information content (AvgIpc) is 3.77. The topological polar surface area (TPSA) is 113 Å². The summed E-state index contributed by atoms with van der Waals surface area (Å²) in [6.07, 6.45) is 3.69. The van der Waals surface area contributed by atoms with Crippen molar-refractivity contribution in [2.24, 2.45) is 7.05 Å². The van der Waals surface area contributed by atoms with Crippen LogP contribution in [0.15, 0.2) is 91.3 Å². The van der Waals surface area contributed by atoms with Crippen molar-refractivity contribution in [3.63, 3.8) is 0 Å². The summed E-state index contributed by atoms with van der Waals surface area (Å²) in [4.78, 5) is 16.1. The zero-order valence-electron chi connectivity index (χ0n) is 25.6. The number of anilines is 1. The van der Waals surface area contributed by atoms with Gasteiger partial charge in [0.25, 0.3) is 0 Å². The van der Waals surface area contributed by atoms with Crippen molar-refractivity contribution in [3.05, 3.63) is 108 Å². The molecule has 2 N–H and O–H groups in total. The molecule has 10 nitrogen and oxygen atoms in total. The van der Waals surface area contributed by atoms with E-state index in [2.05, 4.69) is 51.0 Å². The Morgan fingerprint density at radius 2 is 1.82 bits per heavy atom. The lowest BCUT2D eigenvalue weighted by Crippen LogP contribution is -2.42. The van der Waals surface area contributed by atoms with Crippen molar-refractivity contribution in [2.45, 2.75) is 18.9 Å². The number of nitriles is 1. The number of likely N-dealkylation sites (tertiary alicyclic amines) is 1. The molecule has 2 atom stereocenters. The fourth-order valence-electron chi connectivity index (χ4n) is 5.99. The molecule has 2 aromatic heterocycles. The SMILES string of the molecule is COCCN1C[C@@H](NC(=O)Nc2c(C)c(-c3cnn(C)c3)nn2-c2ccccc2)[C@H](c2cccc(-c3ccc(C#N)cc3)c2)C1. The van der Waals surface area contributed by atoms with E-state index in [-0.39, 0.29) is 18.0 Å². The van der Waals surface area contributed by atoms with Gasteiger partial charge in [-0.1, -0.05) is 54.6 Å². The Labute approximate surface area is 262 Å². The zero-order chi connectivity index (χ0) is 31.3. The van der Waals surface area contributed by atoms with Gasteiger partial charge in [0, 0.05) is 57.0 Å². The summed E-state index contributed by atoms with van der Waals surface area (Å²) in [7, 11) is 3.57. The Morgan fingerprint density at radius 3 is 2.53 bits per heavy atom. The highest BCUT2D eigenvalue weighted by Gasteiger charge is 2.35. The molecular formula is C35H36N8O2. The molecule has 0 spiro atoms. The molecule has 5 aromatic rings. The number of hydrogen-bond acceptors (Lipinski definition) is 6. The van der Waals surface area contributed by atoms with E-state index in [1.54, 1.807) is 22.7 Å². The van der Waals surface area contributed by atoms with E-state index < -0.39 is 0 Å². The van der Waals surface area contributed by atoms with Gasteiger partial charge < -0.3 is 10.1 Å². The van der Waals surface area contributed by atoms with Crippen LogP contribution in [0.4, 0.5) is 10.6 Å². The second kappa shape index (κ2) is 13.2. The van der Waals surface area contributed by atoms with Gasteiger partial charge in [0.05, 0.1) is 36.2 Å². The van der Waals surface area contributed by atoms with Gasteiger partial charge in [-0.15, -0.1) is 0 Å². The first kappa shape index (κ1) is 29.8. The standard InChI is InChI=1S/C35H36N8O2/c1-24-33(29-20-37-41(2)21-29)40-43(30-10-5-4-6-11-30)34(24)39-35(44)38-32-23-42(16-17-45-3)22-31(32)28-9-7-8-27(18-28)26-14-12-25(19-36)13-15-26/h4-15,18,20-21,31-32H,16-17,22-23H2,1-3H3,(H2,38,39,44)/t31-,32+/m0/s1. The second-order valence-electron chi connectivity index (χ2n) is 11.4. The number of hydrogen-bond donors (Lipinski definition) is 2. The minimum Gasteiger partial charge on any atom is -0.383 e. The summed E-state index contributed by atoms with van der Waals surface area (Å²) in [6.45, 7) is 4.83. The van der Waals surface area contributed by atoms with E-state index in [0.717, 1.165) is 52.3 Å². The first-order chi connectivity index (χ1) is 21.9. The van der Waals surface area contributed by atoms with Crippen LogP contribution < -0.4 is 10.6 Å². The number of ether oxygens (including phenoxy) is 1. The van der Waals surface area contributed by atoms with Crippen LogP contribution in [0.2, 0.25) is 0 Å². The largest absolute Gasteiger partial charge is 0.383 e. The maximum atomic E-state index is 13.8. The van der Waals surface area contributed by atoms with E-state index in [1.165, 1.54) is 0 Å². The van der Waals surface area contributed by atoms with Gasteiger partial charge in [0.15, 0.2) is 0 Å². The first-order valence-electron chi connectivity index (χ1n) is 15.0. The van der Waals surface area contributed by atoms with Crippen molar-refractivity contribution in [3.8, 4) is 34.1 Å². The van der Waals surface area contributed by atoms with Crippen LogP contribution in [0.5, 0.6) is 0 Å². The van der Waals surface area contributed by atoms with Crippen molar-refractivity contribution in [1.29, 1.82) is 5.26 Å². The summed E-state index contributed by atoms with van der Waals surface area (Å²) in [6, 6.07) is 27.6. The summed E-state index contributed by atoms with van der Waals surface area (Å²) >= 11 is 0. The Balaban J connectivity index is 1.27. The quantitative estimate of drug-likeness (QED) is 0.236. The second-order valence-corrected chi connectivity index (χ2v) is 11.4. The predicted octanol–water partition coefficient (Wildman–Crippen LogP) is 5.36. The van der Waals surface area contributed by atoms with Crippen LogP contribution in [0.3, 0.4) is 0 Å². The van der Waals surface area contributed by atoms with Gasteiger partial charge >= 0.3 is 6.03 Å². The maximum Gasteiger partial charge on any atom is 0.320 e. The maximum absolute atomic E-state index is 13.8. The molecule has 0 bridgehead atoms. The lowest BCUT2D eigenvalue weighted by atomic mass is 9.91. The molecule has 0 radical (unpaired) electrons. The normalized spacial score (nSPS) is 16.4. The van der Waals surface area contributed by atoms with E-state index in [9.17, 15) is 10.1 Å². The fourth-order valence-corrected chi connectivity index (χ4v) is 5.99. The van der Waals surface area contributed by atoms with Gasteiger partial charge in [0.1, 0.15) is 11.5 Å². The van der Waals surface area contributed by atoms with Gasteiger partial charge in [-0.2, -0.15) is 15.5 Å². The van der Waals surface area contributed by atoms with E-state index >= 15 is 0 Å². The fraction of sp³-hybridized carbons (Fsp3) is 0.257. The van der Waals surface area contributed by atoms with Crippen LogP contribution in [-0.4, -0.2) is 69.9 Å². The number of aryl methyl sites for hydroxylation is 1. The van der Waals surface area contributed by atoms with Gasteiger partial charge in [-0.3, -0.25) is 14.9 Å². The number of para-hydroxylation sites is 1. The lowest BCUT2D eigenvalue weighted by Gasteiger charge is -2.21. The number of carbonyl (C=O) groups excluding carboxylic acids is 1. The molecule has 228 valence electrons. The number of methoxy groups -OCH3 is 1. The molecule has 3 heterocycles. The van der Waals surface area contributed by atoms with Crippen LogP contribution in [0, 0.1) is 18.3 Å². The molecule has 0 saturated carbocycles. The lowest BCUT2D eigenvalue weighted by molar-refractivity contribution is 0.159. The van der Waals surface area contributed by atoms with Crippen LogP contribution >= 0.6 is 0 Å². The zero-order valence-corrected chi connectivity index (χ0v) is 25.6. The third-order valence-electron chi connectivity index (χ3n) is 8.32. The molecule has 10 heteroatoms. The molecule has 0 unspecified atom stereocenters. The smallest absolute Gasteiger partial charge is 0.320 e. The minimum absolute atomic E-state index is 0.0667. The summed E-state index contributed by atoms with van der Waals surface area (Å²) in [5, 5.41) is 24.8. The van der Waals surface area contributed by atoms with E-state index in [1.807, 2.05) is 74.8 Å². The number of aromatic nitrogens is 4. The van der Waals surface area contributed by atoms with E-state index in [4.69, 9.17) is 9.84 Å². The van der Waals surface area contributed by atoms with E-state index in [0.29, 0.717) is 24.5 Å². The average molecular weight is 601 g/mol. The molecule has 1 aliphatic heterocycles. The molecule has 1 fully saturated rings. The molecule has 1 saturated heterocycles. The van der Waals surface area contributed by atoms with Crippen LogP contribution in [-0.2, 0) is 11.8 Å². The predicted molar refractivity (Wildman–Crippen MR) is 174 cm³/mol. The van der Waals surface area contributed by atoms with Crippen molar-refractivity contribution < 1.29 is 9.53 Å². The number of benzene rings is 3. The number of urea groups is 1. The van der Waals surface area contributed by atoms with Crippen LogP contribution in [0.25, 0.3) is 28.1 Å². The van der Waals surface area contributed by atoms with Crippen molar-refractivity contribution >= 4 is 11.8 Å². The number of nitrogens with one attached hydrogen (secondary N) is 2. The monoisotopic (exact) mass is 600 g/mol. The van der Waals surface area contributed by atoms with Crippen molar-refractivity contribution in [1.82, 2.24) is 29.8 Å². The highest BCUT2D eigenvalue weighted by Crippen LogP contribution is 2.33. The Morgan fingerprint density at radius 1 is 1.02 bits per heavy atom. The molecule has 1 aliphatic rings. The first-order valence-corrected chi connectivity index (χ1v) is 15.0. The number of amides is 2. The minimum atomic E-state index is -0.292. The molecular weight excluding hydrogens is 564 g/mol. The van der Waals surface area contributed by atoms with Gasteiger partial charge in [-0.25, -0.2) is 9.48 Å². The van der Waals surface area contributed by atoms with Crippen molar-refractivity contribution in [2.75, 3.05) is 38.7 Å². The molecule has 0 aliphatic carbocycles. The number of carbonyl (C=O) groups is 1. The van der Waals surface area contributed by atoms with Gasteiger partial charge in [-0.05, 0) is 47.9 Å². The third-order valence-corrected chi connectivity index (χ3v) is 8.32. The third kappa shape index (κ3) is 6.50. The number of nitrogens with zero attached hydrogens (tertiary/aromatic N) is 6. The molecule has 3 aromatic carbocycles. The Hall–Kier alpha value is -5.24. The van der Waals surface area contributed by atoms with Crippen LogP contribution in [0.1, 0.15) is 22.6 Å². The molecule has 2 amide bonds.